The van der Waals surface area contributed by atoms with Crippen molar-refractivity contribution in [2.24, 2.45) is 11.1 Å². The highest BCUT2D eigenvalue weighted by molar-refractivity contribution is 4.93. The maximum absolute atomic E-state index is 8.66. The number of hydrogen-bond donors (Lipinski definition) is 2. The van der Waals surface area contributed by atoms with E-state index in [4.69, 9.17) is 11.0 Å². The van der Waals surface area contributed by atoms with Crippen LogP contribution in [-0.4, -0.2) is 19.1 Å². The molecule has 0 bridgehead atoms. The summed E-state index contributed by atoms with van der Waals surface area (Å²) < 4.78 is 0. The quantitative estimate of drug-likeness (QED) is 0.620. The number of nitrogens with two attached hydrogens (primary N) is 1. The summed E-state index contributed by atoms with van der Waals surface area (Å²) in [5.74, 6) is 0. The summed E-state index contributed by atoms with van der Waals surface area (Å²) in [5.41, 5.74) is 5.11. The minimum atomic E-state index is -0.288. The molecule has 3 N–H and O–H groups in total. The van der Waals surface area contributed by atoms with E-state index in [-0.39, 0.29) is 5.41 Å². The van der Waals surface area contributed by atoms with Crippen molar-refractivity contribution in [3.8, 4) is 6.07 Å². The van der Waals surface area contributed by atoms with E-state index in [9.17, 15) is 0 Å². The fourth-order valence-electron chi connectivity index (χ4n) is 0.552. The highest BCUT2D eigenvalue weighted by Gasteiger charge is 2.16. The summed E-state index contributed by atoms with van der Waals surface area (Å²) in [6.45, 7) is 7.13. The van der Waals surface area contributed by atoms with E-state index in [1.165, 1.54) is 0 Å². The monoisotopic (exact) mass is 155 g/mol. The first kappa shape index (κ1) is 10.4. The van der Waals surface area contributed by atoms with Crippen molar-refractivity contribution in [2.45, 2.75) is 26.8 Å². The average molecular weight is 155 g/mol. The molecule has 11 heavy (non-hydrogen) atoms. The van der Waals surface area contributed by atoms with Crippen LogP contribution in [0.5, 0.6) is 0 Å². The fraction of sp³-hybridized carbons (Fsp3) is 0.875. The summed E-state index contributed by atoms with van der Waals surface area (Å²) in [4.78, 5) is 0. The average Bonchev–Trinajstić information content (AvgIpc) is 2.00. The van der Waals surface area contributed by atoms with Gasteiger partial charge in [0.2, 0.25) is 0 Å². The van der Waals surface area contributed by atoms with Crippen LogP contribution >= 0.6 is 0 Å². The third-order valence-corrected chi connectivity index (χ3v) is 1.55. The van der Waals surface area contributed by atoms with Crippen molar-refractivity contribution >= 4 is 0 Å². The largest absolute Gasteiger partial charge is 0.329 e. The summed E-state index contributed by atoms with van der Waals surface area (Å²) in [7, 11) is 0. The molecule has 0 aliphatic carbocycles. The second kappa shape index (κ2) is 4.32. The minimum Gasteiger partial charge on any atom is -0.329 e. The van der Waals surface area contributed by atoms with Crippen LogP contribution in [0.2, 0.25) is 0 Å². The molecule has 3 nitrogen and oxygen atoms in total. The summed E-state index contributed by atoms with van der Waals surface area (Å²) >= 11 is 0. The predicted molar refractivity (Wildman–Crippen MR) is 45.9 cm³/mol. The Morgan fingerprint density at radius 2 is 2.18 bits per heavy atom. The van der Waals surface area contributed by atoms with Crippen LogP contribution < -0.4 is 11.1 Å². The number of nitrogens with zero attached hydrogens (tertiary/aromatic N) is 1. The van der Waals surface area contributed by atoms with Gasteiger partial charge in [-0.1, -0.05) is 0 Å². The lowest BCUT2D eigenvalue weighted by Crippen LogP contribution is -2.38. The third-order valence-electron chi connectivity index (χ3n) is 1.55. The first-order chi connectivity index (χ1) is 5.02. The summed E-state index contributed by atoms with van der Waals surface area (Å²) in [5, 5.41) is 11.8. The molecular weight excluding hydrogens is 138 g/mol. The number of nitrogens with one attached hydrogen (secondary N) is 1. The first-order valence-electron chi connectivity index (χ1n) is 3.86. The molecule has 3 heteroatoms. The lowest BCUT2D eigenvalue weighted by molar-refractivity contribution is 0.413. The van der Waals surface area contributed by atoms with Gasteiger partial charge in [0.25, 0.3) is 0 Å². The zero-order chi connectivity index (χ0) is 8.91. The van der Waals surface area contributed by atoms with Crippen molar-refractivity contribution in [3.63, 3.8) is 0 Å². The molecule has 0 radical (unpaired) electrons. The maximum atomic E-state index is 8.66. The molecule has 0 spiro atoms. The van der Waals surface area contributed by atoms with E-state index < -0.39 is 0 Å². The molecule has 64 valence electrons. The molecule has 0 fully saturated rings. The van der Waals surface area contributed by atoms with Gasteiger partial charge in [-0.3, -0.25) is 0 Å². The summed E-state index contributed by atoms with van der Waals surface area (Å²) in [6, 6.07) is 2.51. The molecule has 0 rings (SSSR count). The third kappa shape index (κ3) is 4.77. The van der Waals surface area contributed by atoms with Gasteiger partial charge in [-0.2, -0.15) is 5.26 Å². The van der Waals surface area contributed by atoms with Gasteiger partial charge >= 0.3 is 0 Å². The van der Waals surface area contributed by atoms with Crippen LogP contribution in [0.25, 0.3) is 0 Å². The highest BCUT2D eigenvalue weighted by Crippen LogP contribution is 2.10. The highest BCUT2D eigenvalue weighted by atomic mass is 14.9. The van der Waals surface area contributed by atoms with Gasteiger partial charge in [0.05, 0.1) is 11.5 Å². The Hall–Kier alpha value is -0.590. The Balaban J connectivity index is 3.63. The number of hydrogen-bond acceptors (Lipinski definition) is 3. The van der Waals surface area contributed by atoms with Crippen LogP contribution in [-0.2, 0) is 0 Å². The van der Waals surface area contributed by atoms with Crippen molar-refractivity contribution in [2.75, 3.05) is 13.1 Å². The molecular formula is C8H17N3. The minimum absolute atomic E-state index is 0.288. The Labute approximate surface area is 68.6 Å². The molecule has 0 aromatic heterocycles. The van der Waals surface area contributed by atoms with Crippen LogP contribution in [0, 0.1) is 16.7 Å². The molecule has 0 heterocycles. The van der Waals surface area contributed by atoms with E-state index in [0.717, 1.165) is 0 Å². The smallest absolute Gasteiger partial charge is 0.0697 e. The van der Waals surface area contributed by atoms with Gasteiger partial charge in [-0.25, -0.2) is 0 Å². The van der Waals surface area contributed by atoms with Crippen molar-refractivity contribution < 1.29 is 0 Å². The standard InChI is InChI=1S/C8H17N3/c1-7(4-9)11-6-8(2,3)5-10/h7,11H,4,6,9H2,1-3H3. The molecule has 0 amide bonds. The maximum Gasteiger partial charge on any atom is 0.0697 e. The second-order valence-corrected chi connectivity index (χ2v) is 3.51. The molecule has 0 aromatic carbocycles. The normalized spacial score (nSPS) is 14.1. The van der Waals surface area contributed by atoms with Crippen molar-refractivity contribution in [1.82, 2.24) is 5.32 Å². The Kier molecular flexibility index (Phi) is 4.09. The lowest BCUT2D eigenvalue weighted by Gasteiger charge is -2.19. The molecule has 1 unspecified atom stereocenters. The molecule has 0 aliphatic heterocycles. The van der Waals surface area contributed by atoms with E-state index in [1.807, 2.05) is 20.8 Å². The van der Waals surface area contributed by atoms with Gasteiger partial charge in [0, 0.05) is 19.1 Å². The van der Waals surface area contributed by atoms with E-state index in [2.05, 4.69) is 11.4 Å². The molecule has 1 atom stereocenters. The summed E-state index contributed by atoms with van der Waals surface area (Å²) in [6.07, 6.45) is 0. The number of rotatable bonds is 4. The van der Waals surface area contributed by atoms with Crippen LogP contribution in [0.3, 0.4) is 0 Å². The van der Waals surface area contributed by atoms with Crippen molar-refractivity contribution in [1.29, 1.82) is 5.26 Å². The number of nitriles is 1. The Morgan fingerprint density at radius 3 is 2.55 bits per heavy atom. The van der Waals surface area contributed by atoms with Gasteiger partial charge in [0.15, 0.2) is 0 Å². The molecule has 0 aliphatic rings. The van der Waals surface area contributed by atoms with Gasteiger partial charge in [0.1, 0.15) is 0 Å². The fourth-order valence-corrected chi connectivity index (χ4v) is 0.552. The van der Waals surface area contributed by atoms with Crippen molar-refractivity contribution in [3.05, 3.63) is 0 Å². The molecule has 0 aromatic rings. The Morgan fingerprint density at radius 1 is 1.64 bits per heavy atom. The molecule has 0 saturated heterocycles. The van der Waals surface area contributed by atoms with Crippen LogP contribution in [0.15, 0.2) is 0 Å². The Bertz CT molecular complexity index is 146. The zero-order valence-electron chi connectivity index (χ0n) is 7.52. The zero-order valence-corrected chi connectivity index (χ0v) is 7.52. The second-order valence-electron chi connectivity index (χ2n) is 3.51. The van der Waals surface area contributed by atoms with Gasteiger partial charge in [-0.05, 0) is 20.8 Å². The predicted octanol–water partition coefficient (Wildman–Crippen LogP) is 0.473. The van der Waals surface area contributed by atoms with E-state index >= 15 is 0 Å². The van der Waals surface area contributed by atoms with Gasteiger partial charge in [-0.15, -0.1) is 0 Å². The van der Waals surface area contributed by atoms with Gasteiger partial charge < -0.3 is 11.1 Å². The molecule has 0 saturated carbocycles. The topological polar surface area (TPSA) is 61.8 Å². The van der Waals surface area contributed by atoms with Crippen LogP contribution in [0.1, 0.15) is 20.8 Å². The van der Waals surface area contributed by atoms with E-state index in [0.29, 0.717) is 19.1 Å². The first-order valence-corrected chi connectivity index (χ1v) is 3.86. The lowest BCUT2D eigenvalue weighted by atomic mass is 9.96. The van der Waals surface area contributed by atoms with Crippen LogP contribution in [0.4, 0.5) is 0 Å². The van der Waals surface area contributed by atoms with E-state index in [1.54, 1.807) is 0 Å². The SMILES string of the molecule is CC(CN)NCC(C)(C)C#N.